The summed E-state index contributed by atoms with van der Waals surface area (Å²) in [5.41, 5.74) is 1.35. The van der Waals surface area contributed by atoms with Gasteiger partial charge < -0.3 is 9.64 Å². The zero-order valence-electron chi connectivity index (χ0n) is 10.1. The van der Waals surface area contributed by atoms with Crippen LogP contribution in [0, 0.1) is 5.92 Å². The third-order valence-corrected chi connectivity index (χ3v) is 4.48. The lowest BCUT2D eigenvalue weighted by atomic mass is 9.82. The van der Waals surface area contributed by atoms with E-state index in [2.05, 4.69) is 54.3 Å². The van der Waals surface area contributed by atoms with Crippen molar-refractivity contribution in [3.63, 3.8) is 0 Å². The van der Waals surface area contributed by atoms with E-state index in [1.54, 1.807) is 0 Å². The van der Waals surface area contributed by atoms with Gasteiger partial charge >= 0.3 is 0 Å². The Morgan fingerprint density at radius 2 is 2.06 bits per heavy atom. The standard InChI is InChI=1S/C15H17NO/c1-14-7-8-15(17-14)11-16(10-12(15)9-14)13-5-3-2-4-6-13/h2-8,12H,9-11H2,1H3. The Bertz CT molecular complexity index is 483. The van der Waals surface area contributed by atoms with E-state index in [0.29, 0.717) is 5.92 Å². The molecule has 1 aromatic rings. The van der Waals surface area contributed by atoms with Crippen LogP contribution >= 0.6 is 0 Å². The molecule has 2 fully saturated rings. The largest absolute Gasteiger partial charge is 0.368 e. The van der Waals surface area contributed by atoms with Crippen LogP contribution in [0.15, 0.2) is 42.5 Å². The predicted octanol–water partition coefficient (Wildman–Crippen LogP) is 2.61. The molecule has 3 unspecified atom stereocenters. The van der Waals surface area contributed by atoms with E-state index < -0.39 is 0 Å². The second-order valence-corrected chi connectivity index (χ2v) is 5.82. The summed E-state index contributed by atoms with van der Waals surface area (Å²) in [6.45, 7) is 4.35. The molecule has 1 spiro atoms. The van der Waals surface area contributed by atoms with Crippen LogP contribution in [0.3, 0.4) is 0 Å². The molecule has 2 heteroatoms. The monoisotopic (exact) mass is 227 g/mol. The molecule has 17 heavy (non-hydrogen) atoms. The fourth-order valence-electron chi connectivity index (χ4n) is 3.71. The summed E-state index contributed by atoms with van der Waals surface area (Å²) in [4.78, 5) is 2.46. The van der Waals surface area contributed by atoms with Gasteiger partial charge in [-0.25, -0.2) is 0 Å². The minimum Gasteiger partial charge on any atom is -0.368 e. The summed E-state index contributed by atoms with van der Waals surface area (Å²) in [5, 5.41) is 0. The summed E-state index contributed by atoms with van der Waals surface area (Å²) < 4.78 is 6.27. The maximum Gasteiger partial charge on any atom is 0.109 e. The summed E-state index contributed by atoms with van der Waals surface area (Å²) in [6, 6.07) is 10.7. The molecule has 2 bridgehead atoms. The average molecular weight is 227 g/mol. The number of hydrogen-bond acceptors (Lipinski definition) is 2. The van der Waals surface area contributed by atoms with E-state index in [9.17, 15) is 0 Å². The highest BCUT2D eigenvalue weighted by atomic mass is 16.5. The molecule has 3 aliphatic rings. The Kier molecular flexibility index (Phi) is 1.68. The first-order valence-electron chi connectivity index (χ1n) is 6.40. The van der Waals surface area contributed by atoms with Crippen LogP contribution < -0.4 is 4.90 Å². The Morgan fingerprint density at radius 3 is 2.76 bits per heavy atom. The van der Waals surface area contributed by atoms with E-state index in [4.69, 9.17) is 4.74 Å². The molecule has 0 saturated carbocycles. The first kappa shape index (κ1) is 9.72. The van der Waals surface area contributed by atoms with E-state index in [0.717, 1.165) is 13.1 Å². The summed E-state index contributed by atoms with van der Waals surface area (Å²) >= 11 is 0. The van der Waals surface area contributed by atoms with E-state index in [-0.39, 0.29) is 11.2 Å². The van der Waals surface area contributed by atoms with E-state index in [1.165, 1.54) is 12.1 Å². The second-order valence-electron chi connectivity index (χ2n) is 5.82. The van der Waals surface area contributed by atoms with Gasteiger partial charge in [-0.2, -0.15) is 0 Å². The summed E-state index contributed by atoms with van der Waals surface area (Å²) in [6.07, 6.45) is 5.74. The molecule has 3 aliphatic heterocycles. The smallest absolute Gasteiger partial charge is 0.109 e. The van der Waals surface area contributed by atoms with Gasteiger partial charge in [-0.1, -0.05) is 30.4 Å². The van der Waals surface area contributed by atoms with Gasteiger partial charge in [0.15, 0.2) is 0 Å². The Labute approximate surface area is 102 Å². The van der Waals surface area contributed by atoms with E-state index >= 15 is 0 Å². The minimum absolute atomic E-state index is 0.00455. The normalized spacial score (nSPS) is 42.2. The van der Waals surface area contributed by atoms with Crippen molar-refractivity contribution in [2.45, 2.75) is 24.5 Å². The summed E-state index contributed by atoms with van der Waals surface area (Å²) in [5.74, 6) is 0.665. The van der Waals surface area contributed by atoms with Crippen LogP contribution in [-0.4, -0.2) is 24.3 Å². The summed E-state index contributed by atoms with van der Waals surface area (Å²) in [7, 11) is 0. The predicted molar refractivity (Wildman–Crippen MR) is 68.1 cm³/mol. The van der Waals surface area contributed by atoms with E-state index in [1.807, 2.05) is 0 Å². The number of anilines is 1. The number of ether oxygens (including phenoxy) is 1. The average Bonchev–Trinajstić information content (AvgIpc) is 2.92. The third kappa shape index (κ3) is 1.25. The molecule has 0 aliphatic carbocycles. The SMILES string of the molecule is CC12C=CC3(CN(c4ccccc4)CC3C1)O2. The van der Waals surface area contributed by atoms with Crippen molar-refractivity contribution in [3.05, 3.63) is 42.5 Å². The van der Waals surface area contributed by atoms with Gasteiger partial charge in [0, 0.05) is 18.2 Å². The van der Waals surface area contributed by atoms with Gasteiger partial charge in [-0.3, -0.25) is 0 Å². The van der Waals surface area contributed by atoms with Crippen molar-refractivity contribution in [2.24, 2.45) is 5.92 Å². The Balaban J connectivity index is 1.65. The molecule has 4 rings (SSSR count). The fourth-order valence-corrected chi connectivity index (χ4v) is 3.71. The van der Waals surface area contributed by atoms with Gasteiger partial charge in [-0.15, -0.1) is 0 Å². The molecule has 2 saturated heterocycles. The van der Waals surface area contributed by atoms with Crippen molar-refractivity contribution in [2.75, 3.05) is 18.0 Å². The van der Waals surface area contributed by atoms with Crippen LogP contribution in [-0.2, 0) is 4.74 Å². The molecular formula is C15H17NO. The van der Waals surface area contributed by atoms with Gasteiger partial charge in [0.25, 0.3) is 0 Å². The Morgan fingerprint density at radius 1 is 1.24 bits per heavy atom. The molecular weight excluding hydrogens is 210 g/mol. The number of benzene rings is 1. The van der Waals surface area contributed by atoms with Crippen molar-refractivity contribution in [3.8, 4) is 0 Å². The zero-order valence-corrected chi connectivity index (χ0v) is 10.1. The number of fused-ring (bicyclic) bond motifs is 1. The molecule has 3 atom stereocenters. The molecule has 1 aromatic carbocycles. The topological polar surface area (TPSA) is 12.5 Å². The highest BCUT2D eigenvalue weighted by molar-refractivity contribution is 5.50. The van der Waals surface area contributed by atoms with Crippen LogP contribution in [0.4, 0.5) is 5.69 Å². The van der Waals surface area contributed by atoms with Gasteiger partial charge in [0.1, 0.15) is 5.60 Å². The number of hydrogen-bond donors (Lipinski definition) is 0. The minimum atomic E-state index is 0.00455. The molecule has 0 aromatic heterocycles. The second kappa shape index (κ2) is 2.94. The van der Waals surface area contributed by atoms with Crippen molar-refractivity contribution >= 4 is 5.69 Å². The zero-order chi connectivity index (χ0) is 11.5. The lowest BCUT2D eigenvalue weighted by Gasteiger charge is -2.25. The first-order chi connectivity index (χ1) is 8.19. The lowest BCUT2D eigenvalue weighted by Crippen LogP contribution is -2.33. The number of nitrogens with zero attached hydrogens (tertiary/aromatic N) is 1. The Hall–Kier alpha value is -1.28. The number of para-hydroxylation sites is 1. The van der Waals surface area contributed by atoms with Crippen LogP contribution in [0.5, 0.6) is 0 Å². The van der Waals surface area contributed by atoms with Gasteiger partial charge in [-0.05, 0) is 25.5 Å². The lowest BCUT2D eigenvalue weighted by molar-refractivity contribution is -0.0172. The van der Waals surface area contributed by atoms with Crippen LogP contribution in [0.25, 0.3) is 0 Å². The molecule has 88 valence electrons. The molecule has 3 heterocycles. The van der Waals surface area contributed by atoms with Gasteiger partial charge in [0.2, 0.25) is 0 Å². The van der Waals surface area contributed by atoms with Crippen LogP contribution in [0.2, 0.25) is 0 Å². The van der Waals surface area contributed by atoms with Crippen molar-refractivity contribution in [1.82, 2.24) is 0 Å². The highest BCUT2D eigenvalue weighted by Crippen LogP contribution is 2.53. The van der Waals surface area contributed by atoms with Crippen molar-refractivity contribution in [1.29, 1.82) is 0 Å². The maximum atomic E-state index is 6.27. The molecule has 0 amide bonds. The van der Waals surface area contributed by atoms with Gasteiger partial charge in [0.05, 0.1) is 12.1 Å². The maximum absolute atomic E-state index is 6.27. The molecule has 0 radical (unpaired) electrons. The quantitative estimate of drug-likeness (QED) is 0.684. The molecule has 0 N–H and O–H groups in total. The highest BCUT2D eigenvalue weighted by Gasteiger charge is 2.59. The van der Waals surface area contributed by atoms with Crippen LogP contribution in [0.1, 0.15) is 13.3 Å². The molecule has 2 nitrogen and oxygen atoms in total. The fraction of sp³-hybridized carbons (Fsp3) is 0.467. The number of rotatable bonds is 1. The van der Waals surface area contributed by atoms with Crippen molar-refractivity contribution < 1.29 is 4.74 Å². The third-order valence-electron chi connectivity index (χ3n) is 4.48. The first-order valence-corrected chi connectivity index (χ1v) is 6.40.